The molecule has 4 atom stereocenters. The van der Waals surface area contributed by atoms with E-state index in [1.807, 2.05) is 54.6 Å². The van der Waals surface area contributed by atoms with Crippen LogP contribution in [0.25, 0.3) is 21.9 Å². The molecule has 51 heavy (non-hydrogen) atoms. The molecule has 4 aliphatic rings. The van der Waals surface area contributed by atoms with Crippen molar-refractivity contribution in [3.63, 3.8) is 0 Å². The van der Waals surface area contributed by atoms with E-state index in [1.54, 1.807) is 32.4 Å². The minimum atomic E-state index is -3.84. The summed E-state index contributed by atoms with van der Waals surface area (Å²) < 4.78 is 45.3. The third kappa shape index (κ3) is 6.80. The van der Waals surface area contributed by atoms with Crippen LogP contribution in [0.15, 0.2) is 60.8 Å². The Kier molecular flexibility index (Phi) is 9.29. The predicted octanol–water partition coefficient (Wildman–Crippen LogP) is 4.02. The highest BCUT2D eigenvalue weighted by Crippen LogP contribution is 2.46. The van der Waals surface area contributed by atoms with E-state index < -0.39 is 44.8 Å². The number of nitrogens with zero attached hydrogens (tertiary/aromatic N) is 3. The van der Waals surface area contributed by atoms with Crippen LogP contribution < -0.4 is 24.2 Å². The van der Waals surface area contributed by atoms with E-state index in [-0.39, 0.29) is 31.3 Å². The third-order valence-electron chi connectivity index (χ3n) is 10.3. The number of urea groups is 1. The first-order valence-electron chi connectivity index (χ1n) is 17.4. The Hall–Kier alpha value is -4.85. The molecule has 0 spiro atoms. The van der Waals surface area contributed by atoms with E-state index in [9.17, 15) is 22.8 Å². The SMILES string of the molecule is COc1ccc(-c2c(OC)ccc3c(O[C@@H]4C[C@H]5C(=O)N[C@]6(C(=O)NS(=O)(=O)C7CC7)C[C@H]6/C=C\CCCCN(C)C(=O)N5C4)nccc23)cc1. The summed E-state index contributed by atoms with van der Waals surface area (Å²) in [6.07, 6.45) is 8.64. The van der Waals surface area contributed by atoms with Crippen LogP contribution in [0, 0.1) is 5.92 Å². The predicted molar refractivity (Wildman–Crippen MR) is 190 cm³/mol. The average molecular weight is 718 g/mol. The van der Waals surface area contributed by atoms with E-state index in [4.69, 9.17) is 14.2 Å². The van der Waals surface area contributed by atoms with Gasteiger partial charge in [0.25, 0.3) is 5.91 Å². The molecule has 7 rings (SSSR count). The Balaban J connectivity index is 1.18. The molecule has 3 fully saturated rings. The maximum atomic E-state index is 14.1. The molecule has 2 aliphatic carbocycles. The van der Waals surface area contributed by atoms with E-state index in [0.29, 0.717) is 31.0 Å². The van der Waals surface area contributed by atoms with Gasteiger partial charge in [-0.05, 0) is 74.4 Å². The Labute approximate surface area is 297 Å². The molecule has 0 radical (unpaired) electrons. The minimum Gasteiger partial charge on any atom is -0.497 e. The molecule has 0 bridgehead atoms. The van der Waals surface area contributed by atoms with Crippen LogP contribution in [-0.2, 0) is 19.6 Å². The van der Waals surface area contributed by atoms with Crippen molar-refractivity contribution in [3.8, 4) is 28.5 Å². The number of fused-ring (bicyclic) bond motifs is 3. The van der Waals surface area contributed by atoms with Crippen molar-refractivity contribution in [3.05, 3.63) is 60.8 Å². The smallest absolute Gasteiger partial charge is 0.320 e. The monoisotopic (exact) mass is 717 g/mol. The molecular formula is C37H43N5O8S. The fourth-order valence-corrected chi connectivity index (χ4v) is 8.55. The second-order valence-corrected chi connectivity index (χ2v) is 15.8. The largest absolute Gasteiger partial charge is 0.497 e. The van der Waals surface area contributed by atoms with Crippen LogP contribution in [0.4, 0.5) is 4.79 Å². The lowest BCUT2D eigenvalue weighted by atomic mass is 9.98. The fourth-order valence-electron chi connectivity index (χ4n) is 7.18. The van der Waals surface area contributed by atoms with Gasteiger partial charge in [-0.3, -0.25) is 14.3 Å². The molecule has 1 aromatic heterocycles. The van der Waals surface area contributed by atoms with Crippen molar-refractivity contribution in [2.24, 2.45) is 5.92 Å². The second kappa shape index (κ2) is 13.7. The van der Waals surface area contributed by atoms with E-state index in [2.05, 4.69) is 15.0 Å². The lowest BCUT2D eigenvalue weighted by Gasteiger charge is -2.30. The number of hydrogen-bond donors (Lipinski definition) is 2. The van der Waals surface area contributed by atoms with Crippen molar-refractivity contribution in [2.75, 3.05) is 34.4 Å². The Morgan fingerprint density at radius 3 is 2.53 bits per heavy atom. The zero-order valence-corrected chi connectivity index (χ0v) is 29.8. The first-order valence-corrected chi connectivity index (χ1v) is 18.9. The zero-order valence-electron chi connectivity index (χ0n) is 29.0. The number of rotatable bonds is 8. The highest BCUT2D eigenvalue weighted by Gasteiger charge is 2.62. The van der Waals surface area contributed by atoms with Gasteiger partial charge in [0.2, 0.25) is 21.8 Å². The molecule has 13 nitrogen and oxygen atoms in total. The number of methoxy groups -OCH3 is 2. The summed E-state index contributed by atoms with van der Waals surface area (Å²) in [5, 5.41) is 3.88. The molecule has 2 saturated carbocycles. The van der Waals surface area contributed by atoms with Crippen molar-refractivity contribution in [1.29, 1.82) is 0 Å². The zero-order chi connectivity index (χ0) is 35.9. The van der Waals surface area contributed by atoms with Gasteiger partial charge in [0.15, 0.2) is 0 Å². The molecule has 2 aromatic carbocycles. The molecule has 2 N–H and O–H groups in total. The van der Waals surface area contributed by atoms with E-state index >= 15 is 0 Å². The van der Waals surface area contributed by atoms with Gasteiger partial charge in [0.1, 0.15) is 29.2 Å². The highest BCUT2D eigenvalue weighted by atomic mass is 32.2. The summed E-state index contributed by atoms with van der Waals surface area (Å²) in [6, 6.07) is 12.0. The molecule has 2 aliphatic heterocycles. The summed E-state index contributed by atoms with van der Waals surface area (Å²) in [6.45, 7) is 0.623. The van der Waals surface area contributed by atoms with Gasteiger partial charge in [-0.25, -0.2) is 18.2 Å². The topological polar surface area (TPSA) is 156 Å². The number of amides is 4. The Bertz CT molecular complexity index is 1980. The number of sulfonamides is 1. The number of carbonyl (C=O) groups is 3. The van der Waals surface area contributed by atoms with Crippen LogP contribution >= 0.6 is 0 Å². The molecular weight excluding hydrogens is 675 g/mol. The number of hydrogen-bond acceptors (Lipinski definition) is 9. The average Bonchev–Trinajstić information content (AvgIpc) is 4.06. The number of aromatic nitrogens is 1. The number of nitrogens with one attached hydrogen (secondary N) is 2. The van der Waals surface area contributed by atoms with Crippen molar-refractivity contribution in [1.82, 2.24) is 24.8 Å². The Morgan fingerprint density at radius 2 is 1.80 bits per heavy atom. The molecule has 4 amide bonds. The Morgan fingerprint density at radius 1 is 1.02 bits per heavy atom. The van der Waals surface area contributed by atoms with Gasteiger partial charge in [-0.2, -0.15) is 0 Å². The number of benzene rings is 2. The lowest BCUT2D eigenvalue weighted by Crippen LogP contribution is -2.57. The normalized spacial score (nSPS) is 26.0. The minimum absolute atomic E-state index is 0.111. The maximum Gasteiger partial charge on any atom is 0.320 e. The van der Waals surface area contributed by atoms with Gasteiger partial charge >= 0.3 is 6.03 Å². The van der Waals surface area contributed by atoms with Crippen LogP contribution in [0.1, 0.15) is 44.9 Å². The maximum absolute atomic E-state index is 14.1. The van der Waals surface area contributed by atoms with Gasteiger partial charge < -0.3 is 29.3 Å². The quantitative estimate of drug-likeness (QED) is 0.329. The van der Waals surface area contributed by atoms with Gasteiger partial charge in [0.05, 0.1) is 26.0 Å². The summed E-state index contributed by atoms with van der Waals surface area (Å²) in [7, 11) is 1.10. The van der Waals surface area contributed by atoms with Crippen LogP contribution in [0.2, 0.25) is 0 Å². The van der Waals surface area contributed by atoms with Crippen molar-refractivity contribution < 1.29 is 37.0 Å². The summed E-state index contributed by atoms with van der Waals surface area (Å²) in [5.74, 6) is 0.0965. The van der Waals surface area contributed by atoms with Gasteiger partial charge in [-0.1, -0.05) is 24.3 Å². The van der Waals surface area contributed by atoms with E-state index in [1.165, 1.54) is 4.90 Å². The number of allylic oxidation sites excluding steroid dienone is 1. The summed E-state index contributed by atoms with van der Waals surface area (Å²) >= 11 is 0. The van der Waals surface area contributed by atoms with Gasteiger partial charge in [-0.15, -0.1) is 0 Å². The number of ether oxygens (including phenoxy) is 3. The molecule has 14 heteroatoms. The first-order chi connectivity index (χ1) is 24.5. The second-order valence-electron chi connectivity index (χ2n) is 13.8. The lowest BCUT2D eigenvalue weighted by molar-refractivity contribution is -0.131. The highest BCUT2D eigenvalue weighted by molar-refractivity contribution is 7.91. The standard InChI is InChI=1S/C37H43N5O8S/c1-41-19-7-5-4-6-8-24-21-37(24,35(44)40-51(46,47)27-13-14-27)39-33(43)30-20-26(22-42(30)36(41)45)50-34-29-15-16-31(49-3)32(28(29)17-18-38-34)23-9-11-25(48-2)12-10-23/h6,8-12,15-18,24,26-27,30H,4-5,7,13-14,19-22H2,1-3H3,(H,39,43)(H,40,44)/b8-6-/t24-,26-,30+,37-/m1/s1. The molecule has 270 valence electrons. The molecule has 3 heterocycles. The first kappa shape index (κ1) is 34.6. The van der Waals surface area contributed by atoms with Crippen LogP contribution in [0.5, 0.6) is 17.4 Å². The van der Waals surface area contributed by atoms with Gasteiger partial charge in [0, 0.05) is 48.5 Å². The van der Waals surface area contributed by atoms with E-state index in [0.717, 1.165) is 46.9 Å². The molecule has 1 saturated heterocycles. The number of pyridine rings is 1. The summed E-state index contributed by atoms with van der Waals surface area (Å²) in [4.78, 5) is 49.2. The number of carbonyl (C=O) groups excluding carboxylic acids is 3. The molecule has 0 unspecified atom stereocenters. The van der Waals surface area contributed by atoms with Crippen LogP contribution in [0.3, 0.4) is 0 Å². The fraction of sp³-hybridized carbons (Fsp3) is 0.459. The van der Waals surface area contributed by atoms with Crippen LogP contribution in [-0.4, -0.2) is 98.3 Å². The molecule has 3 aromatic rings. The third-order valence-corrected chi connectivity index (χ3v) is 12.2. The van der Waals surface area contributed by atoms with Crippen molar-refractivity contribution in [2.45, 2.75) is 67.9 Å². The van der Waals surface area contributed by atoms with Crippen molar-refractivity contribution >= 4 is 38.6 Å². The summed E-state index contributed by atoms with van der Waals surface area (Å²) in [5.41, 5.74) is 0.338.